The predicted octanol–water partition coefficient (Wildman–Crippen LogP) is 2.59. The molecule has 1 fully saturated rings. The number of rotatable bonds is 3. The van der Waals surface area contributed by atoms with Crippen LogP contribution in [0.1, 0.15) is 36.5 Å². The first kappa shape index (κ1) is 15.7. The fourth-order valence-electron chi connectivity index (χ4n) is 2.70. The van der Waals surface area contributed by atoms with E-state index in [1.54, 1.807) is 4.90 Å². The molecule has 0 spiro atoms. The number of carbonyl (C=O) groups is 1. The molecule has 0 aromatic heterocycles. The molecule has 2 N–H and O–H groups in total. The van der Waals surface area contributed by atoms with Gasteiger partial charge in [0.15, 0.2) is 0 Å². The first-order valence-corrected chi connectivity index (χ1v) is 7.30. The van der Waals surface area contributed by atoms with Crippen LogP contribution in [0.5, 0.6) is 0 Å². The Bertz CT molecular complexity index is 562. The minimum atomic E-state index is -0.536. The summed E-state index contributed by atoms with van der Waals surface area (Å²) in [6.07, 6.45) is 2.84. The van der Waals surface area contributed by atoms with Gasteiger partial charge >= 0.3 is 0 Å². The van der Waals surface area contributed by atoms with Gasteiger partial charge in [0, 0.05) is 30.8 Å². The van der Waals surface area contributed by atoms with Crippen LogP contribution in [-0.2, 0) is 0 Å². The Morgan fingerprint density at radius 2 is 2.24 bits per heavy atom. The topological polar surface area (TPSA) is 89.5 Å². The molecular formula is C14H18ClN3O3. The third-order valence-corrected chi connectivity index (χ3v) is 4.12. The van der Waals surface area contributed by atoms with Gasteiger partial charge in [0.05, 0.1) is 15.5 Å². The number of benzene rings is 1. The molecule has 2 unspecified atom stereocenters. The molecule has 1 aliphatic rings. The Hall–Kier alpha value is -1.66. The van der Waals surface area contributed by atoms with Crippen LogP contribution in [0.4, 0.5) is 5.69 Å². The van der Waals surface area contributed by atoms with Gasteiger partial charge in [-0.2, -0.15) is 0 Å². The molecule has 0 radical (unpaired) electrons. The molecule has 21 heavy (non-hydrogen) atoms. The number of nitrogens with two attached hydrogens (primary N) is 1. The molecule has 0 aliphatic carbocycles. The van der Waals surface area contributed by atoms with Crippen LogP contribution in [-0.4, -0.2) is 34.4 Å². The maximum Gasteiger partial charge on any atom is 0.270 e. The second-order valence-corrected chi connectivity index (χ2v) is 5.75. The van der Waals surface area contributed by atoms with E-state index in [0.29, 0.717) is 6.54 Å². The van der Waals surface area contributed by atoms with Gasteiger partial charge in [-0.1, -0.05) is 11.6 Å². The summed E-state index contributed by atoms with van der Waals surface area (Å²) in [4.78, 5) is 24.5. The minimum Gasteiger partial charge on any atom is -0.334 e. The number of halogens is 1. The highest BCUT2D eigenvalue weighted by molar-refractivity contribution is 6.34. The molecule has 6 nitrogen and oxygen atoms in total. The molecule has 7 heteroatoms. The number of likely N-dealkylation sites (tertiary alicyclic amines) is 1. The third kappa shape index (κ3) is 3.33. The number of non-ortho nitro benzene ring substituents is 1. The third-order valence-electron chi connectivity index (χ3n) is 3.81. The zero-order chi connectivity index (χ0) is 15.6. The predicted molar refractivity (Wildman–Crippen MR) is 80.4 cm³/mol. The van der Waals surface area contributed by atoms with Crippen LogP contribution >= 0.6 is 11.6 Å². The highest BCUT2D eigenvalue weighted by Gasteiger charge is 2.31. The fourth-order valence-corrected chi connectivity index (χ4v) is 2.96. The maximum atomic E-state index is 12.6. The van der Waals surface area contributed by atoms with E-state index in [0.717, 1.165) is 19.3 Å². The van der Waals surface area contributed by atoms with Crippen LogP contribution in [0.3, 0.4) is 0 Å². The van der Waals surface area contributed by atoms with Gasteiger partial charge in [0.2, 0.25) is 0 Å². The van der Waals surface area contributed by atoms with Crippen molar-refractivity contribution in [2.45, 2.75) is 38.3 Å². The molecule has 2 rings (SSSR count). The SMILES string of the molecule is CC(N)C1CCCCN1C(=O)c1ccc([N+](=O)[O-])cc1Cl. The van der Waals surface area contributed by atoms with Gasteiger partial charge in [-0.3, -0.25) is 14.9 Å². The van der Waals surface area contributed by atoms with E-state index in [1.807, 2.05) is 6.92 Å². The van der Waals surface area contributed by atoms with Crippen molar-refractivity contribution in [3.63, 3.8) is 0 Å². The van der Waals surface area contributed by atoms with Crippen molar-refractivity contribution in [3.8, 4) is 0 Å². The lowest BCUT2D eigenvalue weighted by Crippen LogP contribution is -2.51. The molecule has 1 heterocycles. The molecule has 0 saturated carbocycles. The summed E-state index contributed by atoms with van der Waals surface area (Å²) in [5.74, 6) is -0.211. The van der Waals surface area contributed by atoms with Gasteiger partial charge in [-0.15, -0.1) is 0 Å². The van der Waals surface area contributed by atoms with E-state index in [1.165, 1.54) is 18.2 Å². The monoisotopic (exact) mass is 311 g/mol. The lowest BCUT2D eigenvalue weighted by atomic mass is 9.96. The number of carbonyl (C=O) groups excluding carboxylic acids is 1. The second-order valence-electron chi connectivity index (χ2n) is 5.34. The van der Waals surface area contributed by atoms with Gasteiger partial charge < -0.3 is 10.6 Å². The molecule has 1 aromatic carbocycles. The Kier molecular flexibility index (Phi) is 4.80. The van der Waals surface area contributed by atoms with E-state index in [2.05, 4.69) is 0 Å². The van der Waals surface area contributed by atoms with Crippen molar-refractivity contribution in [3.05, 3.63) is 38.9 Å². The fraction of sp³-hybridized carbons (Fsp3) is 0.500. The summed E-state index contributed by atoms with van der Waals surface area (Å²) in [7, 11) is 0. The smallest absolute Gasteiger partial charge is 0.270 e. The van der Waals surface area contributed by atoms with E-state index < -0.39 is 4.92 Å². The lowest BCUT2D eigenvalue weighted by Gasteiger charge is -2.38. The van der Waals surface area contributed by atoms with Gasteiger partial charge in [0.25, 0.3) is 11.6 Å². The summed E-state index contributed by atoms with van der Waals surface area (Å²) in [6.45, 7) is 2.52. The Balaban J connectivity index is 2.28. The average molecular weight is 312 g/mol. The second kappa shape index (κ2) is 6.41. The Morgan fingerprint density at radius 1 is 1.52 bits per heavy atom. The van der Waals surface area contributed by atoms with Crippen LogP contribution in [0, 0.1) is 10.1 Å². The zero-order valence-corrected chi connectivity index (χ0v) is 12.5. The van der Waals surface area contributed by atoms with Crippen LogP contribution in [0.15, 0.2) is 18.2 Å². The number of amides is 1. The molecule has 1 amide bonds. The zero-order valence-electron chi connectivity index (χ0n) is 11.8. The summed E-state index contributed by atoms with van der Waals surface area (Å²) in [6, 6.07) is 3.78. The highest BCUT2D eigenvalue weighted by Crippen LogP contribution is 2.27. The van der Waals surface area contributed by atoms with E-state index in [-0.39, 0.29) is 34.3 Å². The normalized spacial score (nSPS) is 20.1. The van der Waals surface area contributed by atoms with Crippen molar-refractivity contribution >= 4 is 23.2 Å². The standard InChI is InChI=1S/C14H18ClN3O3/c1-9(16)13-4-2-3-7-17(13)14(19)11-6-5-10(18(20)21)8-12(11)15/h5-6,8-9,13H,2-4,7,16H2,1H3. The number of hydrogen-bond acceptors (Lipinski definition) is 4. The molecule has 2 atom stereocenters. The molecule has 0 bridgehead atoms. The summed E-state index contributed by atoms with van der Waals surface area (Å²) < 4.78 is 0. The molecule has 114 valence electrons. The van der Waals surface area contributed by atoms with Crippen molar-refractivity contribution in [1.82, 2.24) is 4.90 Å². The van der Waals surface area contributed by atoms with E-state index in [9.17, 15) is 14.9 Å². The lowest BCUT2D eigenvalue weighted by molar-refractivity contribution is -0.384. The van der Waals surface area contributed by atoms with Crippen LogP contribution in [0.2, 0.25) is 5.02 Å². The highest BCUT2D eigenvalue weighted by atomic mass is 35.5. The summed E-state index contributed by atoms with van der Waals surface area (Å²) >= 11 is 6.03. The summed E-state index contributed by atoms with van der Waals surface area (Å²) in [5, 5.41) is 10.8. The molecular weight excluding hydrogens is 294 g/mol. The number of nitro benzene ring substituents is 1. The van der Waals surface area contributed by atoms with Crippen LogP contribution in [0.25, 0.3) is 0 Å². The number of nitrogens with zero attached hydrogens (tertiary/aromatic N) is 2. The van der Waals surface area contributed by atoms with Crippen LogP contribution < -0.4 is 5.73 Å². The largest absolute Gasteiger partial charge is 0.334 e. The van der Waals surface area contributed by atoms with Crippen molar-refractivity contribution in [2.75, 3.05) is 6.54 Å². The Morgan fingerprint density at radius 3 is 2.81 bits per heavy atom. The quantitative estimate of drug-likeness (QED) is 0.686. The molecule has 1 aliphatic heterocycles. The number of piperidine rings is 1. The van der Waals surface area contributed by atoms with E-state index in [4.69, 9.17) is 17.3 Å². The van der Waals surface area contributed by atoms with Gasteiger partial charge in [-0.05, 0) is 32.3 Å². The average Bonchev–Trinajstić information content (AvgIpc) is 2.46. The number of hydrogen-bond donors (Lipinski definition) is 1. The summed E-state index contributed by atoms with van der Waals surface area (Å²) in [5.41, 5.74) is 6.12. The van der Waals surface area contributed by atoms with Crippen molar-refractivity contribution in [1.29, 1.82) is 0 Å². The van der Waals surface area contributed by atoms with Crippen molar-refractivity contribution in [2.24, 2.45) is 5.73 Å². The van der Waals surface area contributed by atoms with E-state index >= 15 is 0 Å². The van der Waals surface area contributed by atoms with Gasteiger partial charge in [0.1, 0.15) is 0 Å². The Labute approximate surface area is 128 Å². The first-order chi connectivity index (χ1) is 9.91. The van der Waals surface area contributed by atoms with Gasteiger partial charge in [-0.25, -0.2) is 0 Å². The van der Waals surface area contributed by atoms with Crippen molar-refractivity contribution < 1.29 is 9.72 Å². The first-order valence-electron chi connectivity index (χ1n) is 6.92. The molecule has 1 aromatic rings. The number of nitro groups is 1. The molecule has 1 saturated heterocycles. The maximum absolute atomic E-state index is 12.6. The minimum absolute atomic E-state index is 0.0162.